The zero-order valence-corrected chi connectivity index (χ0v) is 9.07. The Hall–Kier alpha value is -0.680. The van der Waals surface area contributed by atoms with Crippen LogP contribution in [0.3, 0.4) is 0 Å². The van der Waals surface area contributed by atoms with E-state index in [0.29, 0.717) is 0 Å². The molecule has 1 rings (SSSR count). The lowest BCUT2D eigenvalue weighted by Crippen LogP contribution is -2.42. The average molecular weight is 204 g/mol. The van der Waals surface area contributed by atoms with Crippen molar-refractivity contribution in [3.05, 3.63) is 10.1 Å². The Labute approximate surface area is 85.2 Å². The zero-order valence-electron chi connectivity index (χ0n) is 9.07. The Kier molecular flexibility index (Phi) is 7.32. The molecule has 0 spiro atoms. The highest BCUT2D eigenvalue weighted by Gasteiger charge is 2.26. The highest BCUT2D eigenvalue weighted by molar-refractivity contribution is 4.48. The summed E-state index contributed by atoms with van der Waals surface area (Å²) in [7, 11) is 2.29. The second-order valence-corrected chi connectivity index (χ2v) is 3.89. The van der Waals surface area contributed by atoms with E-state index in [0.717, 1.165) is 29.6 Å². The molecule has 0 aromatic carbocycles. The third-order valence-corrected chi connectivity index (χ3v) is 2.40. The molecular formula is C9H20N2O3. The summed E-state index contributed by atoms with van der Waals surface area (Å²) in [6, 6.07) is 0. The highest BCUT2D eigenvalue weighted by Crippen LogP contribution is 2.15. The molecule has 0 aromatic rings. The molecule has 5 heteroatoms. The van der Waals surface area contributed by atoms with E-state index < -0.39 is 0 Å². The summed E-state index contributed by atoms with van der Waals surface area (Å²) in [5.41, 5.74) is 0. The van der Waals surface area contributed by atoms with Crippen molar-refractivity contribution in [2.45, 2.75) is 26.2 Å². The van der Waals surface area contributed by atoms with Gasteiger partial charge in [-0.2, -0.15) is 0 Å². The average Bonchev–Trinajstić information content (AvgIpc) is 2.54. The van der Waals surface area contributed by atoms with E-state index in [-0.39, 0.29) is 0 Å². The minimum absolute atomic E-state index is 0.924. The normalized spacial score (nSPS) is 18.4. The summed E-state index contributed by atoms with van der Waals surface area (Å²) in [6.45, 7) is 6.62. The number of likely N-dealkylation sites (tertiary alicyclic amines) is 1. The van der Waals surface area contributed by atoms with Crippen LogP contribution in [-0.2, 0) is 4.74 Å². The summed E-state index contributed by atoms with van der Waals surface area (Å²) < 4.78 is 6.68. The van der Waals surface area contributed by atoms with Crippen molar-refractivity contribution in [3.8, 4) is 0 Å². The summed E-state index contributed by atoms with van der Waals surface area (Å²) in [6.07, 6.45) is 3.90. The summed E-state index contributed by atoms with van der Waals surface area (Å²) in [5, 5.41) is 9.00. The minimum atomic E-state index is 0.924. The van der Waals surface area contributed by atoms with Gasteiger partial charge in [0.1, 0.15) is 0 Å². The Morgan fingerprint density at radius 3 is 2.36 bits per heavy atom. The van der Waals surface area contributed by atoms with E-state index in [1.165, 1.54) is 25.9 Å². The largest absolute Gasteiger partial charge is 0.444 e. The smallest absolute Gasteiger partial charge is 0.182 e. The molecule has 0 radical (unpaired) electrons. The first-order valence-electron chi connectivity index (χ1n) is 5.05. The van der Waals surface area contributed by atoms with Crippen LogP contribution in [0.5, 0.6) is 0 Å². The topological polar surface area (TPSA) is 61.7 Å². The van der Waals surface area contributed by atoms with E-state index in [9.17, 15) is 0 Å². The van der Waals surface area contributed by atoms with E-state index in [4.69, 9.17) is 14.9 Å². The summed E-state index contributed by atoms with van der Waals surface area (Å²) in [4.78, 5) is 8.00. The SMILES string of the molecule is CCCOC[N+]1(C)CCCC1.O=N[O-]. The molecule has 1 fully saturated rings. The Morgan fingerprint density at radius 2 is 1.93 bits per heavy atom. The van der Waals surface area contributed by atoms with Crippen molar-refractivity contribution < 1.29 is 9.22 Å². The molecule has 84 valence electrons. The van der Waals surface area contributed by atoms with Gasteiger partial charge in [-0.15, -0.1) is 5.34 Å². The second kappa shape index (κ2) is 7.70. The first-order chi connectivity index (χ1) is 6.68. The summed E-state index contributed by atoms with van der Waals surface area (Å²) in [5.74, 6) is 0. The molecule has 0 unspecified atom stereocenters. The third-order valence-electron chi connectivity index (χ3n) is 2.40. The fraction of sp³-hybridized carbons (Fsp3) is 1.00. The van der Waals surface area contributed by atoms with Gasteiger partial charge in [0, 0.05) is 12.8 Å². The Bertz CT molecular complexity index is 147. The molecule has 1 aliphatic rings. The molecule has 5 nitrogen and oxygen atoms in total. The van der Waals surface area contributed by atoms with Crippen LogP contribution in [0.15, 0.2) is 5.34 Å². The van der Waals surface area contributed by atoms with Crippen LogP contribution in [-0.4, -0.2) is 38.0 Å². The van der Waals surface area contributed by atoms with Crippen molar-refractivity contribution >= 4 is 0 Å². The Morgan fingerprint density at radius 1 is 1.43 bits per heavy atom. The van der Waals surface area contributed by atoms with E-state index >= 15 is 0 Å². The van der Waals surface area contributed by atoms with Crippen LogP contribution in [0.1, 0.15) is 26.2 Å². The fourth-order valence-electron chi connectivity index (χ4n) is 1.66. The predicted molar refractivity (Wildman–Crippen MR) is 55.4 cm³/mol. The monoisotopic (exact) mass is 204 g/mol. The lowest BCUT2D eigenvalue weighted by molar-refractivity contribution is -0.916. The van der Waals surface area contributed by atoms with E-state index in [1.54, 1.807) is 0 Å². The fourth-order valence-corrected chi connectivity index (χ4v) is 1.66. The molecule has 1 saturated heterocycles. The van der Waals surface area contributed by atoms with Crippen LogP contribution >= 0.6 is 0 Å². The van der Waals surface area contributed by atoms with E-state index in [1.807, 2.05) is 0 Å². The van der Waals surface area contributed by atoms with Crippen LogP contribution in [0.25, 0.3) is 0 Å². The van der Waals surface area contributed by atoms with Crippen LogP contribution in [0.2, 0.25) is 0 Å². The van der Waals surface area contributed by atoms with Gasteiger partial charge < -0.3 is 19.3 Å². The van der Waals surface area contributed by atoms with Crippen LogP contribution in [0.4, 0.5) is 0 Å². The van der Waals surface area contributed by atoms with Crippen molar-refractivity contribution in [1.82, 2.24) is 0 Å². The molecule has 1 heterocycles. The van der Waals surface area contributed by atoms with Gasteiger partial charge in [-0.05, 0) is 6.42 Å². The van der Waals surface area contributed by atoms with Crippen molar-refractivity contribution in [2.75, 3.05) is 33.5 Å². The summed E-state index contributed by atoms with van der Waals surface area (Å²) >= 11 is 0. The van der Waals surface area contributed by atoms with Crippen molar-refractivity contribution in [1.29, 1.82) is 0 Å². The zero-order chi connectivity index (χ0) is 10.9. The van der Waals surface area contributed by atoms with Gasteiger partial charge in [0.15, 0.2) is 6.73 Å². The molecule has 0 aliphatic carbocycles. The molecule has 0 N–H and O–H groups in total. The maximum absolute atomic E-state index is 8.00. The van der Waals surface area contributed by atoms with Gasteiger partial charge in [-0.25, -0.2) is 0 Å². The number of nitrogens with zero attached hydrogens (tertiary/aromatic N) is 2. The van der Waals surface area contributed by atoms with Gasteiger partial charge in [-0.3, -0.25) is 0 Å². The van der Waals surface area contributed by atoms with Gasteiger partial charge in [0.25, 0.3) is 0 Å². The number of quaternary nitrogens is 1. The number of hydrogen-bond donors (Lipinski definition) is 0. The number of hydrogen-bond acceptors (Lipinski definition) is 4. The molecule has 0 atom stereocenters. The molecule has 0 amide bonds. The number of rotatable bonds is 4. The molecule has 0 saturated carbocycles. The molecular weight excluding hydrogens is 184 g/mol. The lowest BCUT2D eigenvalue weighted by Gasteiger charge is -2.28. The molecule has 0 bridgehead atoms. The maximum Gasteiger partial charge on any atom is 0.182 e. The van der Waals surface area contributed by atoms with Gasteiger partial charge >= 0.3 is 0 Å². The molecule has 1 aliphatic heterocycles. The van der Waals surface area contributed by atoms with Gasteiger partial charge in [-0.1, -0.05) is 6.92 Å². The van der Waals surface area contributed by atoms with Crippen LogP contribution in [0, 0.1) is 10.1 Å². The maximum atomic E-state index is 8.00. The van der Waals surface area contributed by atoms with Crippen molar-refractivity contribution in [2.24, 2.45) is 5.34 Å². The van der Waals surface area contributed by atoms with Gasteiger partial charge in [0.05, 0.1) is 26.7 Å². The second-order valence-electron chi connectivity index (χ2n) is 3.89. The van der Waals surface area contributed by atoms with Crippen molar-refractivity contribution in [3.63, 3.8) is 0 Å². The first-order valence-corrected chi connectivity index (χ1v) is 5.05. The van der Waals surface area contributed by atoms with Gasteiger partial charge in [0.2, 0.25) is 0 Å². The first kappa shape index (κ1) is 13.3. The molecule has 14 heavy (non-hydrogen) atoms. The highest BCUT2D eigenvalue weighted by atomic mass is 16.6. The quantitative estimate of drug-likeness (QED) is 0.304. The van der Waals surface area contributed by atoms with E-state index in [2.05, 4.69) is 14.0 Å². The lowest BCUT2D eigenvalue weighted by atomic mass is 10.4. The predicted octanol–water partition coefficient (Wildman–Crippen LogP) is 1.86. The Balaban J connectivity index is 0.000000500. The van der Waals surface area contributed by atoms with Crippen LogP contribution < -0.4 is 0 Å². The molecule has 0 aromatic heterocycles. The minimum Gasteiger partial charge on any atom is -0.444 e. The standard InChI is InChI=1S/C9H20NO.HNO2/c1-3-8-11-9-10(2)6-4-5-7-10;2-1-3/h3-9H2,1-2H3;(H,2,3)/q+1;/p-1. The number of ether oxygens (including phenoxy) is 1. The third kappa shape index (κ3) is 5.88.